The molecule has 4 aromatic rings. The summed E-state index contributed by atoms with van der Waals surface area (Å²) in [6.45, 7) is 7.43. The van der Waals surface area contributed by atoms with Crippen LogP contribution >= 0.6 is 0 Å². The molecule has 0 saturated carbocycles. The SMILES string of the molecule is Cc1ccc(-c2nnc([C@@H](C)OC(=O)c3c(C)nc4ccccc4c3C)o2)cc1. The van der Waals surface area contributed by atoms with E-state index in [1.165, 1.54) is 0 Å². The van der Waals surface area contributed by atoms with Crippen LogP contribution in [0.15, 0.2) is 52.9 Å². The topological polar surface area (TPSA) is 78.1 Å². The molecule has 2 aromatic heterocycles. The molecule has 0 spiro atoms. The summed E-state index contributed by atoms with van der Waals surface area (Å²) < 4.78 is 11.3. The number of rotatable bonds is 4. The van der Waals surface area contributed by atoms with Crippen molar-refractivity contribution in [3.05, 3.63) is 76.8 Å². The number of hydrogen-bond donors (Lipinski definition) is 0. The van der Waals surface area contributed by atoms with Crippen LogP contribution in [-0.4, -0.2) is 21.2 Å². The number of benzene rings is 2. The Morgan fingerprint density at radius 2 is 1.72 bits per heavy atom. The van der Waals surface area contributed by atoms with Gasteiger partial charge in [0.25, 0.3) is 5.89 Å². The molecule has 6 heteroatoms. The number of pyridine rings is 1. The van der Waals surface area contributed by atoms with Crippen LogP contribution in [0.25, 0.3) is 22.4 Å². The third-order valence-corrected chi connectivity index (χ3v) is 4.91. The lowest BCUT2D eigenvalue weighted by atomic mass is 10.0. The highest BCUT2D eigenvalue weighted by molar-refractivity contribution is 5.98. The zero-order valence-corrected chi connectivity index (χ0v) is 16.8. The maximum atomic E-state index is 12.9. The van der Waals surface area contributed by atoms with Gasteiger partial charge in [-0.05, 0) is 51.5 Å². The van der Waals surface area contributed by atoms with E-state index in [0.29, 0.717) is 17.1 Å². The highest BCUT2D eigenvalue weighted by Crippen LogP contribution is 2.27. The average Bonchev–Trinajstić information content (AvgIpc) is 3.19. The third kappa shape index (κ3) is 3.61. The maximum absolute atomic E-state index is 12.9. The normalized spacial score (nSPS) is 12.1. The van der Waals surface area contributed by atoms with Crippen LogP contribution in [0.4, 0.5) is 0 Å². The van der Waals surface area contributed by atoms with E-state index in [1.54, 1.807) is 6.92 Å². The van der Waals surface area contributed by atoms with Crippen LogP contribution < -0.4 is 0 Å². The van der Waals surface area contributed by atoms with E-state index in [-0.39, 0.29) is 5.89 Å². The standard InChI is InChI=1S/C23H21N3O3/c1-13-9-11-17(12-10-13)22-26-25-21(29-22)16(4)28-23(27)20-14(2)18-7-5-6-8-19(18)24-15(20)3/h5-12,16H,1-4H3/t16-/m1/s1. The molecule has 2 heterocycles. The van der Waals surface area contributed by atoms with Crippen LogP contribution in [0, 0.1) is 20.8 Å². The maximum Gasteiger partial charge on any atom is 0.341 e. The molecule has 0 aliphatic carbocycles. The first kappa shape index (κ1) is 18.8. The quantitative estimate of drug-likeness (QED) is 0.452. The van der Waals surface area contributed by atoms with Crippen LogP contribution in [0.3, 0.4) is 0 Å². The van der Waals surface area contributed by atoms with Crippen molar-refractivity contribution in [2.24, 2.45) is 0 Å². The number of aromatic nitrogens is 3. The van der Waals surface area contributed by atoms with E-state index in [2.05, 4.69) is 15.2 Å². The number of aryl methyl sites for hydroxylation is 3. The van der Waals surface area contributed by atoms with Crippen molar-refractivity contribution in [3.8, 4) is 11.5 Å². The minimum absolute atomic E-state index is 0.248. The molecule has 0 fully saturated rings. The molecule has 29 heavy (non-hydrogen) atoms. The molecule has 2 aromatic carbocycles. The molecular weight excluding hydrogens is 366 g/mol. The Morgan fingerprint density at radius 1 is 1.00 bits per heavy atom. The molecule has 4 rings (SSSR count). The summed E-state index contributed by atoms with van der Waals surface area (Å²) in [5.41, 5.74) is 4.75. The molecule has 6 nitrogen and oxygen atoms in total. The summed E-state index contributed by atoms with van der Waals surface area (Å²) in [5.74, 6) is 0.182. The van der Waals surface area contributed by atoms with Crippen LogP contribution in [-0.2, 0) is 4.74 Å². The number of hydrogen-bond acceptors (Lipinski definition) is 6. The van der Waals surface area contributed by atoms with Gasteiger partial charge in [-0.15, -0.1) is 10.2 Å². The lowest BCUT2D eigenvalue weighted by Crippen LogP contribution is -2.13. The Hall–Kier alpha value is -3.54. The molecule has 0 N–H and O–H groups in total. The van der Waals surface area contributed by atoms with E-state index in [0.717, 1.165) is 27.6 Å². The Bertz CT molecular complexity index is 1200. The highest BCUT2D eigenvalue weighted by atomic mass is 16.6. The monoisotopic (exact) mass is 387 g/mol. The molecule has 0 radical (unpaired) electrons. The number of carbonyl (C=O) groups is 1. The second kappa shape index (κ2) is 7.47. The van der Waals surface area contributed by atoms with Crippen molar-refractivity contribution in [1.29, 1.82) is 0 Å². The summed E-state index contributed by atoms with van der Waals surface area (Å²) in [6.07, 6.45) is -0.681. The van der Waals surface area contributed by atoms with Gasteiger partial charge in [-0.3, -0.25) is 4.98 Å². The van der Waals surface area contributed by atoms with Gasteiger partial charge in [-0.2, -0.15) is 0 Å². The van der Waals surface area contributed by atoms with Gasteiger partial charge in [0.1, 0.15) is 0 Å². The fraction of sp³-hybridized carbons (Fsp3) is 0.217. The molecular formula is C23H21N3O3. The second-order valence-electron chi connectivity index (χ2n) is 7.07. The van der Waals surface area contributed by atoms with E-state index in [4.69, 9.17) is 9.15 Å². The molecule has 0 unspecified atom stereocenters. The zero-order chi connectivity index (χ0) is 20.5. The smallest absolute Gasteiger partial charge is 0.341 e. The summed E-state index contributed by atoms with van der Waals surface area (Å²) in [7, 11) is 0. The Balaban J connectivity index is 1.58. The Labute approximate surface area is 168 Å². The minimum Gasteiger partial charge on any atom is -0.449 e. The number of esters is 1. The van der Waals surface area contributed by atoms with E-state index < -0.39 is 12.1 Å². The average molecular weight is 387 g/mol. The first-order valence-electron chi connectivity index (χ1n) is 9.41. The van der Waals surface area contributed by atoms with Gasteiger partial charge in [-0.1, -0.05) is 35.9 Å². The number of carbonyl (C=O) groups excluding carboxylic acids is 1. The van der Waals surface area contributed by atoms with E-state index in [1.807, 2.05) is 69.3 Å². The van der Waals surface area contributed by atoms with Gasteiger partial charge in [0.05, 0.1) is 16.8 Å². The van der Waals surface area contributed by atoms with Crippen molar-refractivity contribution in [3.63, 3.8) is 0 Å². The minimum atomic E-state index is -0.681. The molecule has 146 valence electrons. The van der Waals surface area contributed by atoms with Crippen LogP contribution in [0.5, 0.6) is 0 Å². The van der Waals surface area contributed by atoms with E-state index >= 15 is 0 Å². The number of ether oxygens (including phenoxy) is 1. The number of fused-ring (bicyclic) bond motifs is 1. The van der Waals surface area contributed by atoms with Gasteiger partial charge in [0.15, 0.2) is 6.10 Å². The van der Waals surface area contributed by atoms with Gasteiger partial charge in [0, 0.05) is 10.9 Å². The van der Waals surface area contributed by atoms with Gasteiger partial charge in [0.2, 0.25) is 5.89 Å². The lowest BCUT2D eigenvalue weighted by molar-refractivity contribution is 0.0278. The number of nitrogens with zero attached hydrogens (tertiary/aromatic N) is 3. The second-order valence-corrected chi connectivity index (χ2v) is 7.07. The fourth-order valence-corrected chi connectivity index (χ4v) is 3.31. The first-order valence-corrected chi connectivity index (χ1v) is 9.41. The summed E-state index contributed by atoms with van der Waals surface area (Å²) >= 11 is 0. The third-order valence-electron chi connectivity index (χ3n) is 4.91. The van der Waals surface area contributed by atoms with Crippen molar-refractivity contribution >= 4 is 16.9 Å². The molecule has 0 bridgehead atoms. The van der Waals surface area contributed by atoms with Gasteiger partial charge < -0.3 is 9.15 Å². The fourth-order valence-electron chi connectivity index (χ4n) is 3.31. The summed E-state index contributed by atoms with van der Waals surface area (Å²) in [4.78, 5) is 17.4. The Kier molecular flexibility index (Phi) is 4.84. The van der Waals surface area contributed by atoms with Gasteiger partial charge >= 0.3 is 5.97 Å². The predicted molar refractivity (Wildman–Crippen MR) is 110 cm³/mol. The first-order chi connectivity index (χ1) is 13.9. The molecule has 0 aliphatic heterocycles. The van der Waals surface area contributed by atoms with E-state index in [9.17, 15) is 4.79 Å². The summed E-state index contributed by atoms with van der Waals surface area (Å²) in [6, 6.07) is 15.5. The zero-order valence-electron chi connectivity index (χ0n) is 16.8. The highest BCUT2D eigenvalue weighted by Gasteiger charge is 2.23. The van der Waals surface area contributed by atoms with Crippen molar-refractivity contribution in [2.75, 3.05) is 0 Å². The van der Waals surface area contributed by atoms with Crippen LogP contribution in [0.2, 0.25) is 0 Å². The van der Waals surface area contributed by atoms with Crippen molar-refractivity contribution < 1.29 is 13.9 Å². The Morgan fingerprint density at radius 3 is 2.48 bits per heavy atom. The van der Waals surface area contributed by atoms with Gasteiger partial charge in [-0.25, -0.2) is 4.79 Å². The number of para-hydroxylation sites is 1. The lowest BCUT2D eigenvalue weighted by Gasteiger charge is -2.14. The molecule has 0 saturated heterocycles. The largest absolute Gasteiger partial charge is 0.449 e. The molecule has 0 amide bonds. The molecule has 1 atom stereocenters. The van der Waals surface area contributed by atoms with Crippen LogP contribution in [0.1, 0.15) is 46.1 Å². The van der Waals surface area contributed by atoms with Crippen molar-refractivity contribution in [1.82, 2.24) is 15.2 Å². The summed E-state index contributed by atoms with van der Waals surface area (Å²) in [5, 5.41) is 9.05. The predicted octanol–water partition coefficient (Wildman–Crippen LogP) is 5.13. The molecule has 0 aliphatic rings. The van der Waals surface area contributed by atoms with Crippen molar-refractivity contribution in [2.45, 2.75) is 33.8 Å².